The highest BCUT2D eigenvalue weighted by atomic mass is 16.6. The van der Waals surface area contributed by atoms with Crippen LogP contribution in [0.25, 0.3) is 0 Å². The van der Waals surface area contributed by atoms with E-state index in [0.29, 0.717) is 22.6 Å². The lowest BCUT2D eigenvalue weighted by atomic mass is 10.1. The molecule has 0 heterocycles. The minimum atomic E-state index is -1.05. The predicted octanol–water partition coefficient (Wildman–Crippen LogP) is 3.36. The van der Waals surface area contributed by atoms with Gasteiger partial charge in [-0.2, -0.15) is 0 Å². The van der Waals surface area contributed by atoms with Gasteiger partial charge in [0.05, 0.1) is 37.8 Å². The molecule has 12 nitrogen and oxygen atoms in total. The Hall–Kier alpha value is -4.00. The Balaban J connectivity index is 1.76. The first-order valence-electron chi connectivity index (χ1n) is 11.8. The second kappa shape index (κ2) is 15.3. The van der Waals surface area contributed by atoms with Crippen molar-refractivity contribution in [3.8, 4) is 0 Å². The molecule has 0 aliphatic heterocycles. The van der Waals surface area contributed by atoms with Crippen LogP contribution in [0.4, 0.5) is 21.9 Å². The van der Waals surface area contributed by atoms with E-state index in [2.05, 4.69) is 16.0 Å². The Morgan fingerprint density at radius 2 is 1.29 bits per heavy atom. The molecule has 2 aromatic carbocycles. The Labute approximate surface area is 220 Å². The van der Waals surface area contributed by atoms with Gasteiger partial charge in [0.25, 0.3) is 5.91 Å². The van der Waals surface area contributed by atoms with Gasteiger partial charge in [0.1, 0.15) is 18.8 Å². The van der Waals surface area contributed by atoms with E-state index < -0.39 is 23.6 Å². The quantitative estimate of drug-likeness (QED) is 0.268. The number of ether oxygens (including phenoxy) is 4. The van der Waals surface area contributed by atoms with Crippen LogP contribution in [0, 0.1) is 0 Å². The highest BCUT2D eigenvalue weighted by Gasteiger charge is 2.18. The number of amides is 3. The molecule has 0 atom stereocenters. The van der Waals surface area contributed by atoms with Crippen LogP contribution in [0.3, 0.4) is 0 Å². The Bertz CT molecular complexity index is 1080. The topological polar surface area (TPSA) is 162 Å². The molecule has 0 aliphatic rings. The first-order valence-corrected chi connectivity index (χ1v) is 11.8. The van der Waals surface area contributed by atoms with Crippen LogP contribution in [0.5, 0.6) is 0 Å². The van der Waals surface area contributed by atoms with Gasteiger partial charge in [-0.25, -0.2) is 9.59 Å². The lowest BCUT2D eigenvalue weighted by molar-refractivity contribution is -0.142. The third kappa shape index (κ3) is 12.3. The van der Waals surface area contributed by atoms with E-state index in [-0.39, 0.29) is 45.5 Å². The zero-order valence-corrected chi connectivity index (χ0v) is 21.6. The van der Waals surface area contributed by atoms with Gasteiger partial charge in [-0.05, 0) is 57.2 Å². The van der Waals surface area contributed by atoms with E-state index >= 15 is 0 Å². The fourth-order valence-electron chi connectivity index (χ4n) is 2.87. The van der Waals surface area contributed by atoms with Gasteiger partial charge < -0.3 is 34.7 Å². The number of benzene rings is 2. The standard InChI is InChI=1S/C26H33N3O9/c1-26(2,3)38-25(34)29-21-7-5-4-6-20(21)28-24(33)18-8-10-19(11-9-18)27-22(30)16-36-14-12-35-13-15-37-17-23(31)32/h4-11H,12-17H2,1-3H3,(H,27,30)(H,28,33)(H,29,34)(H,31,32). The number of rotatable bonds is 14. The Morgan fingerprint density at radius 3 is 1.87 bits per heavy atom. The lowest BCUT2D eigenvalue weighted by Gasteiger charge is -2.20. The molecule has 206 valence electrons. The molecule has 0 aliphatic carbocycles. The molecule has 0 saturated heterocycles. The molecule has 2 rings (SSSR count). The third-order valence-corrected chi connectivity index (χ3v) is 4.44. The number of carboxylic acids is 1. The fraction of sp³-hybridized carbons (Fsp3) is 0.385. The van der Waals surface area contributed by atoms with Crippen molar-refractivity contribution in [3.05, 3.63) is 54.1 Å². The predicted molar refractivity (Wildman–Crippen MR) is 139 cm³/mol. The first-order chi connectivity index (χ1) is 18.0. The largest absolute Gasteiger partial charge is 0.480 e. The summed E-state index contributed by atoms with van der Waals surface area (Å²) in [5, 5.41) is 16.5. The molecule has 3 amide bonds. The Kier molecular flexibility index (Phi) is 12.2. The van der Waals surface area contributed by atoms with E-state index in [1.165, 1.54) is 0 Å². The van der Waals surface area contributed by atoms with Crippen molar-refractivity contribution in [1.82, 2.24) is 0 Å². The molecule has 0 spiro atoms. The zero-order valence-electron chi connectivity index (χ0n) is 21.6. The summed E-state index contributed by atoms with van der Waals surface area (Å²) < 4.78 is 20.5. The lowest BCUT2D eigenvalue weighted by Crippen LogP contribution is -2.27. The number of hydrogen-bond donors (Lipinski definition) is 4. The van der Waals surface area contributed by atoms with Crippen molar-refractivity contribution in [3.63, 3.8) is 0 Å². The van der Waals surface area contributed by atoms with Gasteiger partial charge >= 0.3 is 12.1 Å². The molecular weight excluding hydrogens is 498 g/mol. The van der Waals surface area contributed by atoms with Crippen molar-refractivity contribution in [2.45, 2.75) is 26.4 Å². The number of carbonyl (C=O) groups is 4. The second-order valence-electron chi connectivity index (χ2n) is 8.86. The van der Waals surface area contributed by atoms with Gasteiger partial charge in [0, 0.05) is 11.3 Å². The molecule has 2 aromatic rings. The highest BCUT2D eigenvalue weighted by molar-refractivity contribution is 6.07. The fourth-order valence-corrected chi connectivity index (χ4v) is 2.87. The van der Waals surface area contributed by atoms with Crippen molar-refractivity contribution < 1.29 is 43.2 Å². The van der Waals surface area contributed by atoms with Gasteiger partial charge in [-0.1, -0.05) is 12.1 Å². The van der Waals surface area contributed by atoms with E-state index in [9.17, 15) is 19.2 Å². The molecule has 4 N–H and O–H groups in total. The molecule has 0 radical (unpaired) electrons. The summed E-state index contributed by atoms with van der Waals surface area (Å²) in [6.45, 7) is 5.45. The number of carboxylic acid groups (broad SMARTS) is 1. The summed E-state index contributed by atoms with van der Waals surface area (Å²) in [6, 6.07) is 13.0. The van der Waals surface area contributed by atoms with Crippen LogP contribution in [0.1, 0.15) is 31.1 Å². The van der Waals surface area contributed by atoms with E-state index in [0.717, 1.165) is 0 Å². The van der Waals surface area contributed by atoms with Gasteiger partial charge in [0.2, 0.25) is 5.91 Å². The molecule has 0 bridgehead atoms. The minimum Gasteiger partial charge on any atom is -0.480 e. The number of para-hydroxylation sites is 2. The van der Waals surface area contributed by atoms with Crippen LogP contribution >= 0.6 is 0 Å². The summed E-state index contributed by atoms with van der Waals surface area (Å²) >= 11 is 0. The average Bonchev–Trinajstić information content (AvgIpc) is 2.83. The van der Waals surface area contributed by atoms with Crippen LogP contribution in [0.2, 0.25) is 0 Å². The van der Waals surface area contributed by atoms with Crippen LogP contribution in [-0.2, 0) is 28.5 Å². The van der Waals surface area contributed by atoms with Crippen LogP contribution in [0.15, 0.2) is 48.5 Å². The Morgan fingerprint density at radius 1 is 0.737 bits per heavy atom. The first kappa shape index (κ1) is 30.2. The summed E-state index contributed by atoms with van der Waals surface area (Å²) in [6.07, 6.45) is -0.640. The van der Waals surface area contributed by atoms with Crippen molar-refractivity contribution in [2.75, 3.05) is 55.6 Å². The highest BCUT2D eigenvalue weighted by Crippen LogP contribution is 2.23. The molecule has 38 heavy (non-hydrogen) atoms. The number of aliphatic carboxylic acids is 1. The van der Waals surface area contributed by atoms with Crippen LogP contribution < -0.4 is 16.0 Å². The number of anilines is 3. The van der Waals surface area contributed by atoms with Crippen molar-refractivity contribution >= 4 is 40.9 Å². The van der Waals surface area contributed by atoms with Gasteiger partial charge in [0.15, 0.2) is 0 Å². The van der Waals surface area contributed by atoms with Gasteiger partial charge in [-0.3, -0.25) is 14.9 Å². The van der Waals surface area contributed by atoms with Crippen molar-refractivity contribution in [1.29, 1.82) is 0 Å². The summed E-state index contributed by atoms with van der Waals surface area (Å²) in [7, 11) is 0. The smallest absolute Gasteiger partial charge is 0.412 e. The summed E-state index contributed by atoms with van der Waals surface area (Å²) in [4.78, 5) is 47.2. The summed E-state index contributed by atoms with van der Waals surface area (Å²) in [5.74, 6) is -1.83. The molecule has 0 unspecified atom stereocenters. The number of carbonyl (C=O) groups excluding carboxylic acids is 3. The van der Waals surface area contributed by atoms with Crippen LogP contribution in [-0.4, -0.2) is 74.2 Å². The molecule has 0 fully saturated rings. The SMILES string of the molecule is CC(C)(C)OC(=O)Nc1ccccc1NC(=O)c1ccc(NC(=O)COCCOCCOCC(=O)O)cc1. The maximum absolute atomic E-state index is 12.7. The average molecular weight is 532 g/mol. The second-order valence-corrected chi connectivity index (χ2v) is 8.86. The van der Waals surface area contributed by atoms with Crippen molar-refractivity contribution in [2.24, 2.45) is 0 Å². The normalized spacial score (nSPS) is 10.9. The van der Waals surface area contributed by atoms with E-state index in [1.54, 1.807) is 69.3 Å². The molecule has 0 aromatic heterocycles. The third-order valence-electron chi connectivity index (χ3n) is 4.44. The maximum Gasteiger partial charge on any atom is 0.412 e. The maximum atomic E-state index is 12.7. The summed E-state index contributed by atoms with van der Waals surface area (Å²) in [5.41, 5.74) is 0.941. The molecular formula is C26H33N3O9. The monoisotopic (exact) mass is 531 g/mol. The van der Waals surface area contributed by atoms with E-state index in [4.69, 9.17) is 24.1 Å². The molecule has 12 heteroatoms. The van der Waals surface area contributed by atoms with E-state index in [1.807, 2.05) is 0 Å². The number of hydrogen-bond acceptors (Lipinski definition) is 8. The zero-order chi connectivity index (χ0) is 28.0. The van der Waals surface area contributed by atoms with Gasteiger partial charge in [-0.15, -0.1) is 0 Å². The number of nitrogens with one attached hydrogen (secondary N) is 3. The molecule has 0 saturated carbocycles. The minimum absolute atomic E-state index is 0.149.